The maximum atomic E-state index is 12.7. The van der Waals surface area contributed by atoms with Crippen LogP contribution in [-0.2, 0) is 11.2 Å². The van der Waals surface area contributed by atoms with E-state index in [1.165, 1.54) is 0 Å². The first kappa shape index (κ1) is 20.3. The summed E-state index contributed by atoms with van der Waals surface area (Å²) in [6.45, 7) is 4.52. The SMILES string of the molecule is Cc1nc2ccccc2c(C)c1CC(=O)NCC(c1ccccc1Cl)N(C)C. The predicted octanol–water partition coefficient (Wildman–Crippen LogP) is 4.47. The molecule has 146 valence electrons. The number of benzene rings is 2. The van der Waals surface area contributed by atoms with Crippen LogP contribution in [0.1, 0.15) is 28.4 Å². The lowest BCUT2D eigenvalue weighted by molar-refractivity contribution is -0.120. The summed E-state index contributed by atoms with van der Waals surface area (Å²) in [6.07, 6.45) is 0.318. The number of carbonyl (C=O) groups is 1. The molecular formula is C23H26ClN3O. The van der Waals surface area contributed by atoms with Gasteiger partial charge >= 0.3 is 0 Å². The predicted molar refractivity (Wildman–Crippen MR) is 116 cm³/mol. The van der Waals surface area contributed by atoms with Crippen molar-refractivity contribution in [3.63, 3.8) is 0 Å². The topological polar surface area (TPSA) is 45.2 Å². The lowest BCUT2D eigenvalue weighted by atomic mass is 9.99. The van der Waals surface area contributed by atoms with Crippen molar-refractivity contribution in [2.75, 3.05) is 20.6 Å². The molecule has 4 nitrogen and oxygen atoms in total. The number of para-hydroxylation sites is 1. The second-order valence-corrected chi connectivity index (χ2v) is 7.71. The quantitative estimate of drug-likeness (QED) is 0.669. The summed E-state index contributed by atoms with van der Waals surface area (Å²) in [6, 6.07) is 15.8. The van der Waals surface area contributed by atoms with E-state index in [2.05, 4.69) is 28.2 Å². The van der Waals surface area contributed by atoms with Gasteiger partial charge in [0, 0.05) is 22.6 Å². The Kier molecular flexibility index (Phi) is 6.32. The van der Waals surface area contributed by atoms with Crippen LogP contribution in [0.2, 0.25) is 5.02 Å². The van der Waals surface area contributed by atoms with Gasteiger partial charge in [-0.15, -0.1) is 0 Å². The lowest BCUT2D eigenvalue weighted by Gasteiger charge is -2.26. The molecular weight excluding hydrogens is 370 g/mol. The van der Waals surface area contributed by atoms with Gasteiger partial charge in [-0.1, -0.05) is 48.0 Å². The second-order valence-electron chi connectivity index (χ2n) is 7.30. The molecule has 0 radical (unpaired) electrons. The largest absolute Gasteiger partial charge is 0.354 e. The van der Waals surface area contributed by atoms with Crippen LogP contribution in [0.3, 0.4) is 0 Å². The molecule has 3 rings (SSSR count). The van der Waals surface area contributed by atoms with Crippen molar-refractivity contribution in [1.29, 1.82) is 0 Å². The number of aromatic nitrogens is 1. The van der Waals surface area contributed by atoms with Gasteiger partial charge in [-0.2, -0.15) is 0 Å². The summed E-state index contributed by atoms with van der Waals surface area (Å²) in [5.74, 6) is -0.0119. The molecule has 0 aliphatic rings. The first-order chi connectivity index (χ1) is 13.4. The first-order valence-corrected chi connectivity index (χ1v) is 9.78. The summed E-state index contributed by atoms with van der Waals surface area (Å²) < 4.78 is 0. The summed E-state index contributed by atoms with van der Waals surface area (Å²) in [5.41, 5.74) is 4.99. The highest BCUT2D eigenvalue weighted by molar-refractivity contribution is 6.31. The maximum Gasteiger partial charge on any atom is 0.224 e. The van der Waals surface area contributed by atoms with Crippen LogP contribution in [0.5, 0.6) is 0 Å². The van der Waals surface area contributed by atoms with Crippen molar-refractivity contribution in [1.82, 2.24) is 15.2 Å². The van der Waals surface area contributed by atoms with Crippen LogP contribution in [0, 0.1) is 13.8 Å². The Morgan fingerprint density at radius 2 is 1.79 bits per heavy atom. The van der Waals surface area contributed by atoms with E-state index in [4.69, 9.17) is 11.6 Å². The first-order valence-electron chi connectivity index (χ1n) is 9.41. The zero-order chi connectivity index (χ0) is 20.3. The van der Waals surface area contributed by atoms with E-state index in [1.54, 1.807) is 0 Å². The minimum atomic E-state index is -0.0119. The van der Waals surface area contributed by atoms with Gasteiger partial charge in [0.2, 0.25) is 5.91 Å². The van der Waals surface area contributed by atoms with Crippen molar-refractivity contribution in [3.8, 4) is 0 Å². The van der Waals surface area contributed by atoms with Gasteiger partial charge in [0.15, 0.2) is 0 Å². The van der Waals surface area contributed by atoms with E-state index in [1.807, 2.05) is 63.5 Å². The van der Waals surface area contributed by atoms with Gasteiger partial charge in [0.1, 0.15) is 0 Å². The molecule has 0 saturated heterocycles. The Labute approximate surface area is 171 Å². The van der Waals surface area contributed by atoms with E-state index in [0.29, 0.717) is 18.0 Å². The minimum absolute atomic E-state index is 0.00886. The Hall–Kier alpha value is -2.43. The second kappa shape index (κ2) is 8.72. The number of halogens is 1. The third-order valence-corrected chi connectivity index (χ3v) is 5.55. The van der Waals surface area contributed by atoms with Gasteiger partial charge in [-0.3, -0.25) is 9.78 Å². The number of amides is 1. The number of rotatable bonds is 6. The molecule has 1 unspecified atom stereocenters. The molecule has 1 heterocycles. The summed E-state index contributed by atoms with van der Waals surface area (Å²) in [5, 5.41) is 4.88. The van der Waals surface area contributed by atoms with Gasteiger partial charge in [0.25, 0.3) is 0 Å². The zero-order valence-corrected chi connectivity index (χ0v) is 17.5. The fourth-order valence-electron chi connectivity index (χ4n) is 3.58. The van der Waals surface area contributed by atoms with Gasteiger partial charge in [-0.25, -0.2) is 0 Å². The number of aryl methyl sites for hydroxylation is 2. The van der Waals surface area contributed by atoms with Crippen LogP contribution in [-0.4, -0.2) is 36.4 Å². The Morgan fingerprint density at radius 1 is 1.11 bits per heavy atom. The molecule has 0 saturated carbocycles. The highest BCUT2D eigenvalue weighted by atomic mass is 35.5. The average molecular weight is 396 g/mol. The molecule has 0 aliphatic heterocycles. The maximum absolute atomic E-state index is 12.7. The van der Waals surface area contributed by atoms with Gasteiger partial charge in [0.05, 0.1) is 18.0 Å². The molecule has 2 aromatic carbocycles. The van der Waals surface area contributed by atoms with Crippen molar-refractivity contribution in [2.24, 2.45) is 0 Å². The highest BCUT2D eigenvalue weighted by Crippen LogP contribution is 2.26. The average Bonchev–Trinajstić information content (AvgIpc) is 2.66. The van der Waals surface area contributed by atoms with Crippen LogP contribution in [0.4, 0.5) is 0 Å². The van der Waals surface area contributed by atoms with E-state index in [0.717, 1.165) is 33.3 Å². The molecule has 0 bridgehead atoms. The van der Waals surface area contributed by atoms with Gasteiger partial charge < -0.3 is 10.2 Å². The fourth-order valence-corrected chi connectivity index (χ4v) is 3.84. The van der Waals surface area contributed by atoms with Crippen LogP contribution in [0.25, 0.3) is 10.9 Å². The number of carbonyl (C=O) groups excluding carboxylic acids is 1. The van der Waals surface area contributed by atoms with E-state index < -0.39 is 0 Å². The Morgan fingerprint density at radius 3 is 2.50 bits per heavy atom. The monoisotopic (exact) mass is 395 g/mol. The number of pyridine rings is 1. The lowest BCUT2D eigenvalue weighted by Crippen LogP contribution is -2.35. The Balaban J connectivity index is 1.75. The standard InChI is InChI=1S/C23H26ClN3O/c1-15-17-9-6-8-12-21(17)26-16(2)19(15)13-23(28)25-14-22(27(3)4)18-10-5-7-11-20(18)24/h5-12,22H,13-14H2,1-4H3,(H,25,28). The number of nitrogens with zero attached hydrogens (tertiary/aromatic N) is 2. The van der Waals surface area contributed by atoms with E-state index in [9.17, 15) is 4.79 Å². The molecule has 0 aliphatic carbocycles. The number of nitrogens with one attached hydrogen (secondary N) is 1. The molecule has 0 spiro atoms. The molecule has 0 fully saturated rings. The smallest absolute Gasteiger partial charge is 0.224 e. The number of hydrogen-bond donors (Lipinski definition) is 1. The molecule has 5 heteroatoms. The number of likely N-dealkylation sites (N-methyl/N-ethyl adjacent to an activating group) is 1. The fraction of sp³-hybridized carbons (Fsp3) is 0.304. The molecule has 1 aromatic heterocycles. The van der Waals surface area contributed by atoms with E-state index >= 15 is 0 Å². The summed E-state index contributed by atoms with van der Waals surface area (Å²) in [4.78, 5) is 19.4. The normalized spacial score (nSPS) is 12.4. The summed E-state index contributed by atoms with van der Waals surface area (Å²) in [7, 11) is 3.98. The van der Waals surface area contributed by atoms with Crippen LogP contribution >= 0.6 is 11.6 Å². The highest BCUT2D eigenvalue weighted by Gasteiger charge is 2.19. The third-order valence-electron chi connectivity index (χ3n) is 5.20. The van der Waals surface area contributed by atoms with E-state index in [-0.39, 0.29) is 11.9 Å². The van der Waals surface area contributed by atoms with Gasteiger partial charge in [-0.05, 0) is 56.8 Å². The van der Waals surface area contributed by atoms with Crippen LogP contribution in [0.15, 0.2) is 48.5 Å². The van der Waals surface area contributed by atoms with Crippen molar-refractivity contribution in [3.05, 3.63) is 75.9 Å². The minimum Gasteiger partial charge on any atom is -0.354 e. The van der Waals surface area contributed by atoms with Crippen molar-refractivity contribution in [2.45, 2.75) is 26.3 Å². The molecule has 1 amide bonds. The zero-order valence-electron chi connectivity index (χ0n) is 16.8. The summed E-state index contributed by atoms with van der Waals surface area (Å²) >= 11 is 6.36. The Bertz CT molecular complexity index is 1000. The number of hydrogen-bond acceptors (Lipinski definition) is 3. The molecule has 1 N–H and O–H groups in total. The molecule has 28 heavy (non-hydrogen) atoms. The van der Waals surface area contributed by atoms with Crippen molar-refractivity contribution >= 4 is 28.4 Å². The third kappa shape index (κ3) is 4.34. The number of fused-ring (bicyclic) bond motifs is 1. The van der Waals surface area contributed by atoms with Crippen LogP contribution < -0.4 is 5.32 Å². The molecule has 1 atom stereocenters. The molecule has 3 aromatic rings. The van der Waals surface area contributed by atoms with Crippen molar-refractivity contribution < 1.29 is 4.79 Å².